The zero-order valence-corrected chi connectivity index (χ0v) is 18.2. The van der Waals surface area contributed by atoms with Gasteiger partial charge in [-0.3, -0.25) is 14.5 Å². The monoisotopic (exact) mass is 471 g/mol. The first-order chi connectivity index (χ1) is 13.0. The standard InChI is InChI=1S/C18H22BrN3O3S2/c1-2-25-10-4-7-20-17(26)21-8-9-22-16(23)15(27-18(22)24)12-13-5-3-6-14(19)11-13/h3,5-6,11-12H,2,4,7-10H2,1H3,(H2,20,21,26)/b15-12-. The van der Waals surface area contributed by atoms with E-state index in [2.05, 4.69) is 26.6 Å². The third-order valence-electron chi connectivity index (χ3n) is 3.60. The van der Waals surface area contributed by atoms with Gasteiger partial charge in [-0.1, -0.05) is 28.1 Å². The third-order valence-corrected chi connectivity index (χ3v) is 5.29. The van der Waals surface area contributed by atoms with Gasteiger partial charge < -0.3 is 15.4 Å². The predicted molar refractivity (Wildman–Crippen MR) is 117 cm³/mol. The lowest BCUT2D eigenvalue weighted by atomic mass is 10.2. The lowest BCUT2D eigenvalue weighted by Gasteiger charge is -2.14. The highest BCUT2D eigenvalue weighted by Crippen LogP contribution is 2.32. The smallest absolute Gasteiger partial charge is 0.293 e. The van der Waals surface area contributed by atoms with Crippen molar-refractivity contribution in [2.24, 2.45) is 0 Å². The molecule has 1 heterocycles. The van der Waals surface area contributed by atoms with E-state index in [1.807, 2.05) is 31.2 Å². The summed E-state index contributed by atoms with van der Waals surface area (Å²) in [7, 11) is 0. The second-order valence-corrected chi connectivity index (χ2v) is 7.94. The van der Waals surface area contributed by atoms with Crippen LogP contribution in [0.25, 0.3) is 6.08 Å². The van der Waals surface area contributed by atoms with E-state index in [0.29, 0.717) is 36.3 Å². The summed E-state index contributed by atoms with van der Waals surface area (Å²) < 4.78 is 6.17. The average Bonchev–Trinajstić information content (AvgIpc) is 2.89. The van der Waals surface area contributed by atoms with E-state index in [-0.39, 0.29) is 17.7 Å². The number of nitrogens with one attached hydrogen (secondary N) is 2. The number of carbonyl (C=O) groups is 2. The van der Waals surface area contributed by atoms with Gasteiger partial charge in [-0.25, -0.2) is 0 Å². The van der Waals surface area contributed by atoms with Crippen LogP contribution in [0.3, 0.4) is 0 Å². The second kappa shape index (κ2) is 11.4. The number of thiocarbonyl (C=S) groups is 1. The van der Waals surface area contributed by atoms with Crippen molar-refractivity contribution < 1.29 is 14.3 Å². The number of imide groups is 1. The van der Waals surface area contributed by atoms with Crippen molar-refractivity contribution in [2.45, 2.75) is 13.3 Å². The minimum absolute atomic E-state index is 0.265. The Morgan fingerprint density at radius 2 is 2.11 bits per heavy atom. The summed E-state index contributed by atoms with van der Waals surface area (Å²) in [6.07, 6.45) is 2.59. The van der Waals surface area contributed by atoms with Crippen LogP contribution in [-0.4, -0.2) is 54.0 Å². The molecule has 0 aliphatic carbocycles. The van der Waals surface area contributed by atoms with Crippen molar-refractivity contribution in [3.05, 3.63) is 39.2 Å². The highest BCUT2D eigenvalue weighted by atomic mass is 79.9. The number of thioether (sulfide) groups is 1. The molecule has 1 saturated heterocycles. The molecule has 9 heteroatoms. The van der Waals surface area contributed by atoms with Gasteiger partial charge in [0, 0.05) is 37.3 Å². The number of amides is 2. The van der Waals surface area contributed by atoms with E-state index in [9.17, 15) is 9.59 Å². The Hall–Kier alpha value is -1.42. The Balaban J connectivity index is 1.78. The first-order valence-corrected chi connectivity index (χ1v) is 10.6. The summed E-state index contributed by atoms with van der Waals surface area (Å²) in [5.74, 6) is -0.276. The van der Waals surface area contributed by atoms with Crippen LogP contribution >= 0.6 is 39.9 Å². The molecule has 0 atom stereocenters. The minimum atomic E-state index is -0.276. The van der Waals surface area contributed by atoms with E-state index >= 15 is 0 Å². The molecule has 2 amide bonds. The third kappa shape index (κ3) is 7.25. The van der Waals surface area contributed by atoms with Crippen molar-refractivity contribution >= 4 is 62.2 Å². The number of benzene rings is 1. The van der Waals surface area contributed by atoms with E-state index in [1.54, 1.807) is 6.08 Å². The lowest BCUT2D eigenvalue weighted by Crippen LogP contribution is -2.41. The SMILES string of the molecule is CCOCCCNC(=S)NCCN1C(=O)S/C(=C\c2cccc(Br)c2)C1=O. The zero-order valence-electron chi connectivity index (χ0n) is 15.0. The van der Waals surface area contributed by atoms with Crippen LogP contribution in [-0.2, 0) is 9.53 Å². The molecule has 0 aromatic heterocycles. The summed E-state index contributed by atoms with van der Waals surface area (Å²) in [6, 6.07) is 7.57. The molecule has 1 aromatic carbocycles. The molecule has 1 fully saturated rings. The van der Waals surface area contributed by atoms with Crippen molar-refractivity contribution in [3.63, 3.8) is 0 Å². The molecular weight excluding hydrogens is 450 g/mol. The van der Waals surface area contributed by atoms with Gasteiger partial charge in [0.15, 0.2) is 5.11 Å². The molecule has 0 radical (unpaired) electrons. The first kappa shape index (κ1) is 21.9. The highest BCUT2D eigenvalue weighted by Gasteiger charge is 2.34. The van der Waals surface area contributed by atoms with E-state index in [1.165, 1.54) is 4.90 Å². The van der Waals surface area contributed by atoms with Crippen LogP contribution in [0.5, 0.6) is 0 Å². The second-order valence-electron chi connectivity index (χ2n) is 5.62. The van der Waals surface area contributed by atoms with Gasteiger partial charge >= 0.3 is 0 Å². The van der Waals surface area contributed by atoms with Crippen molar-refractivity contribution in [2.75, 3.05) is 32.8 Å². The molecule has 2 N–H and O–H groups in total. The fraction of sp³-hybridized carbons (Fsp3) is 0.389. The summed E-state index contributed by atoms with van der Waals surface area (Å²) in [5, 5.41) is 6.32. The molecular formula is C18H22BrN3O3S2. The predicted octanol–water partition coefficient (Wildman–Crippen LogP) is 3.38. The summed E-state index contributed by atoms with van der Waals surface area (Å²) >= 11 is 9.53. The van der Waals surface area contributed by atoms with Gasteiger partial charge in [0.2, 0.25) is 0 Å². The summed E-state index contributed by atoms with van der Waals surface area (Å²) in [6.45, 7) is 4.73. The topological polar surface area (TPSA) is 70.7 Å². The Morgan fingerprint density at radius 3 is 2.85 bits per heavy atom. The Kier molecular flexibility index (Phi) is 9.26. The van der Waals surface area contributed by atoms with Crippen LogP contribution in [0.1, 0.15) is 18.9 Å². The largest absolute Gasteiger partial charge is 0.382 e. The van der Waals surface area contributed by atoms with Crippen LogP contribution in [0.2, 0.25) is 0 Å². The Labute approximate surface area is 177 Å². The van der Waals surface area contributed by atoms with E-state index < -0.39 is 0 Å². The quantitative estimate of drug-likeness (QED) is 0.325. The molecule has 2 rings (SSSR count). The van der Waals surface area contributed by atoms with Gasteiger partial charge in [0.05, 0.1) is 4.91 Å². The van der Waals surface area contributed by atoms with Crippen LogP contribution in [0.15, 0.2) is 33.6 Å². The van der Waals surface area contributed by atoms with Gasteiger partial charge in [0.25, 0.3) is 11.1 Å². The molecule has 0 bridgehead atoms. The van der Waals surface area contributed by atoms with Gasteiger partial charge in [-0.15, -0.1) is 0 Å². The highest BCUT2D eigenvalue weighted by molar-refractivity contribution is 9.10. The Bertz CT molecular complexity index is 728. The maximum Gasteiger partial charge on any atom is 0.293 e. The summed E-state index contributed by atoms with van der Waals surface area (Å²) in [4.78, 5) is 26.3. The number of hydrogen-bond acceptors (Lipinski definition) is 5. The molecule has 146 valence electrons. The van der Waals surface area contributed by atoms with Crippen LogP contribution in [0.4, 0.5) is 4.79 Å². The molecule has 1 aliphatic rings. The maximum absolute atomic E-state index is 12.5. The molecule has 1 aromatic rings. The van der Waals surface area contributed by atoms with Gasteiger partial charge in [-0.05, 0) is 61.1 Å². The van der Waals surface area contributed by atoms with Crippen molar-refractivity contribution in [1.82, 2.24) is 15.5 Å². The number of nitrogens with zero attached hydrogens (tertiary/aromatic N) is 1. The maximum atomic E-state index is 12.5. The molecule has 6 nitrogen and oxygen atoms in total. The molecule has 0 spiro atoms. The van der Waals surface area contributed by atoms with Gasteiger partial charge in [-0.2, -0.15) is 0 Å². The Morgan fingerprint density at radius 1 is 1.33 bits per heavy atom. The zero-order chi connectivity index (χ0) is 19.6. The fourth-order valence-corrected chi connectivity index (χ4v) is 3.79. The molecule has 0 unspecified atom stereocenters. The van der Waals surface area contributed by atoms with Crippen LogP contribution in [0, 0.1) is 0 Å². The van der Waals surface area contributed by atoms with E-state index in [4.69, 9.17) is 17.0 Å². The van der Waals surface area contributed by atoms with E-state index in [0.717, 1.165) is 28.2 Å². The number of ether oxygens (including phenoxy) is 1. The number of halogens is 1. The molecule has 0 saturated carbocycles. The minimum Gasteiger partial charge on any atom is -0.382 e. The average molecular weight is 472 g/mol. The lowest BCUT2D eigenvalue weighted by molar-refractivity contribution is -0.122. The van der Waals surface area contributed by atoms with Crippen LogP contribution < -0.4 is 10.6 Å². The normalized spacial score (nSPS) is 15.5. The fourth-order valence-electron chi connectivity index (χ4n) is 2.30. The molecule has 27 heavy (non-hydrogen) atoms. The van der Waals surface area contributed by atoms with Crippen molar-refractivity contribution in [3.8, 4) is 0 Å². The number of carbonyl (C=O) groups excluding carboxylic acids is 2. The summed E-state index contributed by atoms with van der Waals surface area (Å²) in [5.41, 5.74) is 0.866. The first-order valence-electron chi connectivity index (χ1n) is 8.61. The molecule has 1 aliphatic heterocycles. The van der Waals surface area contributed by atoms with Crippen molar-refractivity contribution in [1.29, 1.82) is 0 Å². The number of rotatable bonds is 9. The van der Waals surface area contributed by atoms with Gasteiger partial charge in [0.1, 0.15) is 0 Å². The number of hydrogen-bond donors (Lipinski definition) is 2.